The number of halogens is 2. The second kappa shape index (κ2) is 6.56. The molecule has 0 spiro atoms. The Hall–Kier alpha value is -1.76. The lowest BCUT2D eigenvalue weighted by atomic mass is 10.2. The van der Waals surface area contributed by atoms with Crippen LogP contribution >= 0.6 is 23.2 Å². The summed E-state index contributed by atoms with van der Waals surface area (Å²) in [5.41, 5.74) is -0.0216. The molecule has 0 aliphatic heterocycles. The molecule has 0 amide bonds. The van der Waals surface area contributed by atoms with Gasteiger partial charge < -0.3 is 8.92 Å². The van der Waals surface area contributed by atoms with E-state index in [1.807, 2.05) is 0 Å². The van der Waals surface area contributed by atoms with Gasteiger partial charge in [-0.1, -0.05) is 35.3 Å². The minimum absolute atomic E-state index is 0.0216. The van der Waals surface area contributed by atoms with E-state index in [2.05, 4.69) is 4.74 Å². The van der Waals surface area contributed by atoms with E-state index in [1.165, 1.54) is 43.5 Å². The van der Waals surface area contributed by atoms with Crippen molar-refractivity contribution < 1.29 is 22.1 Å². The van der Waals surface area contributed by atoms with E-state index >= 15 is 0 Å². The summed E-state index contributed by atoms with van der Waals surface area (Å²) in [6.07, 6.45) is 0. The van der Waals surface area contributed by atoms with Gasteiger partial charge >= 0.3 is 16.1 Å². The first-order chi connectivity index (χ1) is 10.3. The van der Waals surface area contributed by atoms with Crippen LogP contribution in [0.2, 0.25) is 10.0 Å². The summed E-state index contributed by atoms with van der Waals surface area (Å²) in [6.45, 7) is 0. The van der Waals surface area contributed by atoms with Crippen LogP contribution in [0, 0.1) is 0 Å². The lowest BCUT2D eigenvalue weighted by Crippen LogP contribution is -2.13. The van der Waals surface area contributed by atoms with Crippen LogP contribution in [0.4, 0.5) is 0 Å². The van der Waals surface area contributed by atoms with Gasteiger partial charge in [-0.2, -0.15) is 8.42 Å². The summed E-state index contributed by atoms with van der Waals surface area (Å²) in [6, 6.07) is 9.76. The zero-order valence-corrected chi connectivity index (χ0v) is 13.6. The lowest BCUT2D eigenvalue weighted by Gasteiger charge is -2.11. The Balaban J connectivity index is 2.46. The van der Waals surface area contributed by atoms with E-state index in [9.17, 15) is 13.2 Å². The third kappa shape index (κ3) is 3.52. The quantitative estimate of drug-likeness (QED) is 0.615. The van der Waals surface area contributed by atoms with Crippen LogP contribution in [0.5, 0.6) is 5.75 Å². The molecule has 5 nitrogen and oxygen atoms in total. The van der Waals surface area contributed by atoms with Gasteiger partial charge in [-0.15, -0.1) is 0 Å². The Bertz CT molecular complexity index is 818. The molecule has 2 rings (SSSR count). The van der Waals surface area contributed by atoms with Gasteiger partial charge in [0.25, 0.3) is 0 Å². The normalized spacial score (nSPS) is 11.0. The predicted molar refractivity (Wildman–Crippen MR) is 82.1 cm³/mol. The Morgan fingerprint density at radius 2 is 1.77 bits per heavy atom. The molecule has 22 heavy (non-hydrogen) atoms. The Labute approximate surface area is 137 Å². The number of carbonyl (C=O) groups is 1. The van der Waals surface area contributed by atoms with Crippen LogP contribution in [0.25, 0.3) is 0 Å². The topological polar surface area (TPSA) is 69.7 Å². The first-order valence-corrected chi connectivity index (χ1v) is 8.08. The Morgan fingerprint density at radius 1 is 1.09 bits per heavy atom. The van der Waals surface area contributed by atoms with Gasteiger partial charge in [0, 0.05) is 5.02 Å². The molecular weight excluding hydrogens is 351 g/mol. The largest absolute Gasteiger partial charge is 0.465 e. The van der Waals surface area contributed by atoms with Crippen molar-refractivity contribution in [3.63, 3.8) is 0 Å². The number of ether oxygens (including phenoxy) is 1. The number of hydrogen-bond acceptors (Lipinski definition) is 5. The minimum Gasteiger partial charge on any atom is -0.465 e. The zero-order valence-electron chi connectivity index (χ0n) is 11.2. The highest BCUT2D eigenvalue weighted by atomic mass is 35.5. The van der Waals surface area contributed by atoms with E-state index in [0.29, 0.717) is 0 Å². The molecule has 0 fully saturated rings. The maximum Gasteiger partial charge on any atom is 0.341 e. The molecule has 0 N–H and O–H groups in total. The van der Waals surface area contributed by atoms with Crippen molar-refractivity contribution in [1.82, 2.24) is 0 Å². The monoisotopic (exact) mass is 360 g/mol. The van der Waals surface area contributed by atoms with Crippen LogP contribution in [-0.4, -0.2) is 21.5 Å². The van der Waals surface area contributed by atoms with Gasteiger partial charge in [0.1, 0.15) is 10.5 Å². The van der Waals surface area contributed by atoms with Crippen molar-refractivity contribution in [3.8, 4) is 5.75 Å². The molecule has 0 aliphatic carbocycles. The van der Waals surface area contributed by atoms with E-state index in [-0.39, 0.29) is 26.3 Å². The number of methoxy groups -OCH3 is 1. The number of rotatable bonds is 4. The summed E-state index contributed by atoms with van der Waals surface area (Å²) in [5.74, 6) is -0.881. The third-order valence-electron chi connectivity index (χ3n) is 2.65. The Kier molecular flexibility index (Phi) is 4.95. The Morgan fingerprint density at radius 3 is 2.45 bits per heavy atom. The molecule has 2 aromatic rings. The van der Waals surface area contributed by atoms with Crippen LogP contribution in [-0.2, 0) is 14.9 Å². The average Bonchev–Trinajstić information content (AvgIpc) is 2.49. The average molecular weight is 361 g/mol. The van der Waals surface area contributed by atoms with Crippen LogP contribution in [0.1, 0.15) is 10.4 Å². The van der Waals surface area contributed by atoms with Gasteiger partial charge in [0.05, 0.1) is 12.1 Å². The van der Waals surface area contributed by atoms with Crippen molar-refractivity contribution in [2.45, 2.75) is 4.90 Å². The second-order valence-electron chi connectivity index (χ2n) is 4.10. The summed E-state index contributed by atoms with van der Waals surface area (Å²) in [5, 5.41) is 0.146. The molecule has 0 saturated heterocycles. The molecule has 0 saturated carbocycles. The predicted octanol–water partition coefficient (Wildman–Crippen LogP) is 3.55. The van der Waals surface area contributed by atoms with Crippen molar-refractivity contribution >= 4 is 39.3 Å². The van der Waals surface area contributed by atoms with E-state index in [0.717, 1.165) is 0 Å². The summed E-state index contributed by atoms with van der Waals surface area (Å²) in [4.78, 5) is 11.3. The minimum atomic E-state index is -4.25. The SMILES string of the molecule is COC(=O)c1ccccc1OS(=O)(=O)c1cc(Cl)ccc1Cl. The summed E-state index contributed by atoms with van der Waals surface area (Å²) in [7, 11) is -3.07. The summed E-state index contributed by atoms with van der Waals surface area (Å²) < 4.78 is 34.2. The van der Waals surface area contributed by atoms with Crippen molar-refractivity contribution in [1.29, 1.82) is 0 Å². The van der Waals surface area contributed by atoms with Gasteiger partial charge in [0.15, 0.2) is 5.75 Å². The second-order valence-corrected chi connectivity index (χ2v) is 6.46. The molecule has 0 aliphatic rings. The van der Waals surface area contributed by atoms with Crippen molar-refractivity contribution in [2.75, 3.05) is 7.11 Å². The number of benzene rings is 2. The highest BCUT2D eigenvalue weighted by molar-refractivity contribution is 7.87. The standard InChI is InChI=1S/C14H10Cl2O5S/c1-20-14(17)10-4-2-3-5-12(10)21-22(18,19)13-8-9(15)6-7-11(13)16/h2-8H,1H3. The molecule has 0 radical (unpaired) electrons. The molecule has 2 aromatic carbocycles. The molecule has 116 valence electrons. The smallest absolute Gasteiger partial charge is 0.341 e. The first kappa shape index (κ1) is 16.6. The molecule has 0 unspecified atom stereocenters. The maximum atomic E-state index is 12.3. The zero-order chi connectivity index (χ0) is 16.3. The van der Waals surface area contributed by atoms with Gasteiger partial charge in [0.2, 0.25) is 0 Å². The fourth-order valence-corrected chi connectivity index (χ4v) is 3.34. The maximum absolute atomic E-state index is 12.3. The number of esters is 1. The van der Waals surface area contributed by atoms with Crippen LogP contribution < -0.4 is 4.18 Å². The molecule has 8 heteroatoms. The number of para-hydroxylation sites is 1. The van der Waals surface area contributed by atoms with Gasteiger partial charge in [-0.3, -0.25) is 0 Å². The van der Waals surface area contributed by atoms with Gasteiger partial charge in [-0.05, 0) is 30.3 Å². The van der Waals surface area contributed by atoms with Crippen LogP contribution in [0.3, 0.4) is 0 Å². The van der Waals surface area contributed by atoms with Crippen molar-refractivity contribution in [3.05, 3.63) is 58.1 Å². The van der Waals surface area contributed by atoms with Gasteiger partial charge in [-0.25, -0.2) is 4.79 Å². The molecule has 0 heterocycles. The molecule has 0 bridgehead atoms. The van der Waals surface area contributed by atoms with E-state index in [1.54, 1.807) is 6.07 Å². The van der Waals surface area contributed by atoms with E-state index < -0.39 is 16.1 Å². The fourth-order valence-electron chi connectivity index (χ4n) is 1.65. The van der Waals surface area contributed by atoms with Crippen LogP contribution in [0.15, 0.2) is 47.4 Å². The highest BCUT2D eigenvalue weighted by Crippen LogP contribution is 2.29. The first-order valence-electron chi connectivity index (χ1n) is 5.92. The molecule has 0 atom stereocenters. The van der Waals surface area contributed by atoms with E-state index in [4.69, 9.17) is 27.4 Å². The third-order valence-corrected chi connectivity index (χ3v) is 4.61. The lowest BCUT2D eigenvalue weighted by molar-refractivity contribution is 0.0599. The van der Waals surface area contributed by atoms with Crippen molar-refractivity contribution in [2.24, 2.45) is 0 Å². The highest BCUT2D eigenvalue weighted by Gasteiger charge is 2.24. The number of hydrogen-bond donors (Lipinski definition) is 0. The molecular formula is C14H10Cl2O5S. The number of carbonyl (C=O) groups excluding carboxylic acids is 1. The summed E-state index contributed by atoms with van der Waals surface area (Å²) >= 11 is 11.6. The molecule has 0 aromatic heterocycles. The fraction of sp³-hybridized carbons (Fsp3) is 0.0714.